The fourth-order valence-corrected chi connectivity index (χ4v) is 1.63. The van der Waals surface area contributed by atoms with E-state index in [1.165, 1.54) is 18.2 Å². The van der Waals surface area contributed by atoms with Gasteiger partial charge in [0.25, 0.3) is 0 Å². The summed E-state index contributed by atoms with van der Waals surface area (Å²) in [6, 6.07) is 8.11. The van der Waals surface area contributed by atoms with Crippen LogP contribution in [0.25, 0.3) is 0 Å². The van der Waals surface area contributed by atoms with E-state index in [2.05, 4.69) is 43.0 Å². The third-order valence-corrected chi connectivity index (χ3v) is 2.29. The molecule has 2 aromatic rings. The molecule has 1 heterocycles. The molecule has 14 heavy (non-hydrogen) atoms. The molecule has 3 nitrogen and oxygen atoms in total. The highest BCUT2D eigenvalue weighted by atomic mass is 79.9. The molecule has 0 radical (unpaired) electrons. The molecule has 0 saturated heterocycles. The molecule has 70 valence electrons. The monoisotopic (exact) mass is 249 g/mol. The van der Waals surface area contributed by atoms with Gasteiger partial charge in [0.05, 0.1) is 0 Å². The normalized spacial score (nSPS) is 10.1. The number of benzene rings is 1. The summed E-state index contributed by atoms with van der Waals surface area (Å²) in [7, 11) is 0. The Bertz CT molecular complexity index is 417. The van der Waals surface area contributed by atoms with Crippen molar-refractivity contribution in [1.29, 1.82) is 0 Å². The van der Waals surface area contributed by atoms with Gasteiger partial charge in [0.15, 0.2) is 0 Å². The fraction of sp³-hybridized carbons (Fsp3) is 0.100. The third kappa shape index (κ3) is 2.35. The number of hydrogen-bond donors (Lipinski definition) is 0. The maximum Gasteiger partial charge on any atom is 0.136 e. The molecule has 0 fully saturated rings. The van der Waals surface area contributed by atoms with E-state index in [0.29, 0.717) is 0 Å². The molecule has 0 unspecified atom stereocenters. The lowest BCUT2D eigenvalue weighted by atomic mass is 10.1. The Morgan fingerprint density at radius 2 is 1.93 bits per heavy atom. The predicted molar refractivity (Wildman–Crippen MR) is 56.8 cm³/mol. The molecular formula is C10H8BrN3. The van der Waals surface area contributed by atoms with E-state index >= 15 is 0 Å². The first-order chi connectivity index (χ1) is 6.84. The van der Waals surface area contributed by atoms with Crippen LogP contribution in [0.2, 0.25) is 0 Å². The molecule has 0 amide bonds. The fourth-order valence-electron chi connectivity index (χ4n) is 1.18. The van der Waals surface area contributed by atoms with E-state index in [-0.39, 0.29) is 0 Å². The Balaban J connectivity index is 2.19. The van der Waals surface area contributed by atoms with Gasteiger partial charge in [0.1, 0.15) is 18.5 Å². The maximum absolute atomic E-state index is 4.07. The Morgan fingerprint density at radius 3 is 2.64 bits per heavy atom. The number of rotatable bonds is 2. The van der Waals surface area contributed by atoms with Crippen molar-refractivity contribution in [3.8, 4) is 0 Å². The lowest BCUT2D eigenvalue weighted by molar-refractivity contribution is 0.917. The SMILES string of the molecule is Brc1cccc(Cc2ncncn2)c1. The van der Waals surface area contributed by atoms with Gasteiger partial charge < -0.3 is 0 Å². The maximum atomic E-state index is 4.07. The Hall–Kier alpha value is -1.29. The van der Waals surface area contributed by atoms with Crippen LogP contribution < -0.4 is 0 Å². The van der Waals surface area contributed by atoms with Crippen LogP contribution in [0.15, 0.2) is 41.4 Å². The largest absolute Gasteiger partial charge is 0.225 e. The standard InChI is InChI=1S/C10H8BrN3/c11-9-3-1-2-8(4-9)5-10-13-6-12-7-14-10/h1-4,6-7H,5H2. The average molecular weight is 250 g/mol. The number of aromatic nitrogens is 3. The molecule has 0 aliphatic carbocycles. The molecule has 0 atom stereocenters. The summed E-state index contributed by atoms with van der Waals surface area (Å²) in [5.74, 6) is 0.790. The minimum Gasteiger partial charge on any atom is -0.225 e. The quantitative estimate of drug-likeness (QED) is 0.820. The van der Waals surface area contributed by atoms with Crippen LogP contribution in [-0.4, -0.2) is 15.0 Å². The van der Waals surface area contributed by atoms with Crippen LogP contribution in [0.3, 0.4) is 0 Å². The first-order valence-electron chi connectivity index (χ1n) is 4.20. The van der Waals surface area contributed by atoms with Crippen molar-refractivity contribution in [2.75, 3.05) is 0 Å². The van der Waals surface area contributed by atoms with Crippen molar-refractivity contribution >= 4 is 15.9 Å². The summed E-state index contributed by atoms with van der Waals surface area (Å²) in [4.78, 5) is 11.9. The highest BCUT2D eigenvalue weighted by Crippen LogP contribution is 2.13. The highest BCUT2D eigenvalue weighted by Gasteiger charge is 1.98. The third-order valence-electron chi connectivity index (χ3n) is 1.80. The van der Waals surface area contributed by atoms with Gasteiger partial charge >= 0.3 is 0 Å². The molecule has 1 aromatic carbocycles. The zero-order chi connectivity index (χ0) is 9.80. The summed E-state index contributed by atoms with van der Waals surface area (Å²) >= 11 is 3.42. The van der Waals surface area contributed by atoms with Crippen LogP contribution in [0, 0.1) is 0 Å². The topological polar surface area (TPSA) is 38.7 Å². The molecule has 0 saturated carbocycles. The lowest BCUT2D eigenvalue weighted by Crippen LogP contribution is -1.95. The molecule has 0 N–H and O–H groups in total. The van der Waals surface area contributed by atoms with E-state index in [0.717, 1.165) is 16.7 Å². The Kier molecular flexibility index (Phi) is 2.84. The summed E-state index contributed by atoms with van der Waals surface area (Å²) in [5, 5.41) is 0. The smallest absolute Gasteiger partial charge is 0.136 e. The van der Waals surface area contributed by atoms with Crippen LogP contribution >= 0.6 is 15.9 Å². The van der Waals surface area contributed by atoms with Crippen molar-refractivity contribution < 1.29 is 0 Å². The van der Waals surface area contributed by atoms with E-state index in [1.54, 1.807) is 0 Å². The van der Waals surface area contributed by atoms with Crippen LogP contribution in [-0.2, 0) is 6.42 Å². The van der Waals surface area contributed by atoms with Crippen molar-refractivity contribution in [3.63, 3.8) is 0 Å². The molecule has 0 aliphatic heterocycles. The minimum atomic E-state index is 0.738. The van der Waals surface area contributed by atoms with Crippen molar-refractivity contribution in [2.45, 2.75) is 6.42 Å². The van der Waals surface area contributed by atoms with Crippen molar-refractivity contribution in [2.24, 2.45) is 0 Å². The summed E-state index contributed by atoms with van der Waals surface area (Å²) in [6.45, 7) is 0. The van der Waals surface area contributed by atoms with Crippen molar-refractivity contribution in [1.82, 2.24) is 15.0 Å². The van der Waals surface area contributed by atoms with Gasteiger partial charge in [0.2, 0.25) is 0 Å². The molecule has 1 aromatic heterocycles. The molecular weight excluding hydrogens is 242 g/mol. The molecule has 2 rings (SSSR count). The van der Waals surface area contributed by atoms with E-state index in [9.17, 15) is 0 Å². The zero-order valence-corrected chi connectivity index (χ0v) is 8.98. The number of hydrogen-bond acceptors (Lipinski definition) is 3. The molecule has 0 aliphatic rings. The summed E-state index contributed by atoms with van der Waals surface area (Å²) < 4.78 is 1.07. The van der Waals surface area contributed by atoms with Gasteiger partial charge in [-0.15, -0.1) is 0 Å². The zero-order valence-electron chi connectivity index (χ0n) is 7.39. The molecule has 4 heteroatoms. The van der Waals surface area contributed by atoms with Crippen molar-refractivity contribution in [3.05, 3.63) is 52.8 Å². The van der Waals surface area contributed by atoms with Gasteiger partial charge in [-0.2, -0.15) is 0 Å². The predicted octanol–water partition coefficient (Wildman–Crippen LogP) is 2.22. The number of halogens is 1. The van der Waals surface area contributed by atoms with Crippen LogP contribution in [0.4, 0.5) is 0 Å². The van der Waals surface area contributed by atoms with Crippen LogP contribution in [0.1, 0.15) is 11.4 Å². The molecule has 0 bridgehead atoms. The second-order valence-electron chi connectivity index (χ2n) is 2.86. The molecule has 0 spiro atoms. The minimum absolute atomic E-state index is 0.738. The first-order valence-corrected chi connectivity index (χ1v) is 4.99. The summed E-state index contributed by atoms with van der Waals surface area (Å²) in [5.41, 5.74) is 1.19. The second kappa shape index (κ2) is 4.28. The highest BCUT2D eigenvalue weighted by molar-refractivity contribution is 9.10. The average Bonchev–Trinajstić information content (AvgIpc) is 2.19. The van der Waals surface area contributed by atoms with E-state index in [4.69, 9.17) is 0 Å². The van der Waals surface area contributed by atoms with E-state index < -0.39 is 0 Å². The second-order valence-corrected chi connectivity index (χ2v) is 3.78. The van der Waals surface area contributed by atoms with Gasteiger partial charge in [-0.1, -0.05) is 28.1 Å². The Labute approximate surface area is 90.4 Å². The van der Waals surface area contributed by atoms with E-state index in [1.807, 2.05) is 12.1 Å². The number of nitrogens with zero attached hydrogens (tertiary/aromatic N) is 3. The first kappa shape index (κ1) is 9.27. The lowest BCUT2D eigenvalue weighted by Gasteiger charge is -1.99. The van der Waals surface area contributed by atoms with Gasteiger partial charge in [0, 0.05) is 10.9 Å². The van der Waals surface area contributed by atoms with Gasteiger partial charge in [-0.3, -0.25) is 0 Å². The summed E-state index contributed by atoms with van der Waals surface area (Å²) in [6.07, 6.45) is 3.77. The van der Waals surface area contributed by atoms with Gasteiger partial charge in [-0.05, 0) is 17.7 Å². The van der Waals surface area contributed by atoms with Gasteiger partial charge in [-0.25, -0.2) is 15.0 Å². The Morgan fingerprint density at radius 1 is 1.14 bits per heavy atom. The van der Waals surface area contributed by atoms with Crippen LogP contribution in [0.5, 0.6) is 0 Å².